The van der Waals surface area contributed by atoms with Crippen LogP contribution < -0.4 is 15.0 Å². The van der Waals surface area contributed by atoms with Gasteiger partial charge >= 0.3 is 0 Å². The van der Waals surface area contributed by atoms with Crippen LogP contribution in [0.5, 0.6) is 5.88 Å². The van der Waals surface area contributed by atoms with Crippen LogP contribution in [-0.4, -0.2) is 29.4 Å². The molecule has 112 valence electrons. The Hall–Kier alpha value is -1.86. The Kier molecular flexibility index (Phi) is 4.98. The predicted octanol–water partition coefficient (Wildman–Crippen LogP) is 2.79. The molecular formula is C13H15ClN4O2S. The van der Waals surface area contributed by atoms with E-state index in [0.717, 1.165) is 10.6 Å². The molecule has 0 saturated carbocycles. The van der Waals surface area contributed by atoms with Gasteiger partial charge in [0.25, 0.3) is 0 Å². The number of halogens is 1. The minimum atomic E-state index is -0.0632. The summed E-state index contributed by atoms with van der Waals surface area (Å²) in [7, 11) is 3.22. The molecule has 0 radical (unpaired) electrons. The van der Waals surface area contributed by atoms with Crippen molar-refractivity contribution in [2.24, 2.45) is 0 Å². The first-order valence-corrected chi connectivity index (χ1v) is 7.30. The van der Waals surface area contributed by atoms with Crippen LogP contribution in [0.15, 0.2) is 18.3 Å². The van der Waals surface area contributed by atoms with Gasteiger partial charge < -0.3 is 15.0 Å². The summed E-state index contributed by atoms with van der Waals surface area (Å²) in [4.78, 5) is 17.8. The molecule has 2 heterocycles. The number of nitrogens with one attached hydrogen (secondary N) is 1. The molecule has 0 aliphatic carbocycles. The topological polar surface area (TPSA) is 67.3 Å². The Balaban J connectivity index is 2.00. The van der Waals surface area contributed by atoms with Gasteiger partial charge in [-0.1, -0.05) is 11.6 Å². The highest BCUT2D eigenvalue weighted by atomic mass is 35.5. The number of nitrogens with zero attached hydrogens (tertiary/aromatic N) is 3. The van der Waals surface area contributed by atoms with E-state index in [0.29, 0.717) is 23.3 Å². The average Bonchev–Trinajstić information content (AvgIpc) is 2.85. The number of hydrogen-bond donors (Lipinski definition) is 1. The van der Waals surface area contributed by atoms with Crippen molar-refractivity contribution in [1.29, 1.82) is 0 Å². The molecule has 1 amide bonds. The largest absolute Gasteiger partial charge is 0.479 e. The van der Waals surface area contributed by atoms with Gasteiger partial charge in [0, 0.05) is 14.0 Å². The van der Waals surface area contributed by atoms with Gasteiger partial charge in [0.2, 0.25) is 11.8 Å². The number of ether oxygens (including phenoxy) is 1. The number of carbonyl (C=O) groups is 1. The zero-order valence-electron chi connectivity index (χ0n) is 11.9. The number of anilines is 2. The van der Waals surface area contributed by atoms with Crippen LogP contribution in [0.1, 0.15) is 11.8 Å². The third-order valence-electron chi connectivity index (χ3n) is 2.88. The number of pyridine rings is 1. The molecule has 0 bridgehead atoms. The van der Waals surface area contributed by atoms with Crippen molar-refractivity contribution >= 4 is 40.5 Å². The number of methoxy groups -OCH3 is 1. The quantitative estimate of drug-likeness (QED) is 0.915. The van der Waals surface area contributed by atoms with E-state index in [1.54, 1.807) is 19.3 Å². The highest BCUT2D eigenvalue weighted by Gasteiger charge is 2.12. The molecule has 0 aliphatic rings. The van der Waals surface area contributed by atoms with Crippen molar-refractivity contribution in [1.82, 2.24) is 9.36 Å². The van der Waals surface area contributed by atoms with Crippen molar-refractivity contribution in [3.8, 4) is 5.88 Å². The number of aromatic nitrogens is 2. The van der Waals surface area contributed by atoms with Gasteiger partial charge in [-0.25, -0.2) is 4.98 Å². The number of carbonyl (C=O) groups excluding carboxylic acids is 1. The maximum absolute atomic E-state index is 11.2. The Labute approximate surface area is 131 Å². The minimum absolute atomic E-state index is 0.0632. The van der Waals surface area contributed by atoms with E-state index < -0.39 is 0 Å². The smallest absolute Gasteiger partial charge is 0.244 e. The number of rotatable bonds is 5. The van der Waals surface area contributed by atoms with E-state index in [4.69, 9.17) is 16.3 Å². The predicted molar refractivity (Wildman–Crippen MR) is 84.3 cm³/mol. The third kappa shape index (κ3) is 3.62. The second-order valence-electron chi connectivity index (χ2n) is 4.27. The summed E-state index contributed by atoms with van der Waals surface area (Å²) in [6.07, 6.45) is 1.67. The van der Waals surface area contributed by atoms with Crippen LogP contribution in [-0.2, 0) is 11.3 Å². The van der Waals surface area contributed by atoms with Gasteiger partial charge in [-0.2, -0.15) is 4.37 Å². The fourth-order valence-electron chi connectivity index (χ4n) is 1.57. The number of hydrogen-bond acceptors (Lipinski definition) is 6. The fraction of sp³-hybridized carbons (Fsp3) is 0.308. The summed E-state index contributed by atoms with van der Waals surface area (Å²) >= 11 is 7.40. The fourth-order valence-corrected chi connectivity index (χ4v) is 2.57. The average molecular weight is 327 g/mol. The molecule has 21 heavy (non-hydrogen) atoms. The molecule has 0 spiro atoms. The van der Waals surface area contributed by atoms with E-state index >= 15 is 0 Å². The zero-order chi connectivity index (χ0) is 15.4. The highest BCUT2D eigenvalue weighted by Crippen LogP contribution is 2.31. The van der Waals surface area contributed by atoms with Crippen molar-refractivity contribution in [3.05, 3.63) is 28.2 Å². The molecule has 0 saturated heterocycles. The summed E-state index contributed by atoms with van der Waals surface area (Å²) in [6, 6.07) is 3.63. The van der Waals surface area contributed by atoms with Gasteiger partial charge in [0.05, 0.1) is 30.4 Å². The van der Waals surface area contributed by atoms with E-state index in [1.165, 1.54) is 30.5 Å². The van der Waals surface area contributed by atoms with Gasteiger partial charge in [0.15, 0.2) is 0 Å². The normalized spacial score (nSPS) is 10.3. The first kappa shape index (κ1) is 15.5. The Morgan fingerprint density at radius 1 is 1.52 bits per heavy atom. The lowest BCUT2D eigenvalue weighted by Gasteiger charge is -2.14. The lowest BCUT2D eigenvalue weighted by Crippen LogP contribution is -2.23. The standard InChI is InChI=1S/C13H15ClN4O2S/c1-8(19)18(2)11-5-4-9(6-16-11)15-7-10-12(14)13(20-3)17-21-10/h4-6,15H,7H2,1-3H3. The maximum Gasteiger partial charge on any atom is 0.244 e. The summed E-state index contributed by atoms with van der Waals surface area (Å²) in [5.74, 6) is 0.979. The lowest BCUT2D eigenvalue weighted by atomic mass is 10.3. The van der Waals surface area contributed by atoms with Crippen LogP contribution in [0.25, 0.3) is 0 Å². The zero-order valence-corrected chi connectivity index (χ0v) is 13.5. The van der Waals surface area contributed by atoms with Crippen LogP contribution in [0.2, 0.25) is 5.02 Å². The van der Waals surface area contributed by atoms with Gasteiger partial charge in [-0.3, -0.25) is 4.79 Å². The van der Waals surface area contributed by atoms with Crippen molar-refractivity contribution in [2.75, 3.05) is 24.4 Å². The van der Waals surface area contributed by atoms with Crippen LogP contribution >= 0.6 is 23.1 Å². The van der Waals surface area contributed by atoms with Crippen molar-refractivity contribution in [2.45, 2.75) is 13.5 Å². The molecule has 2 aromatic heterocycles. The third-order valence-corrected chi connectivity index (χ3v) is 4.21. The molecule has 1 N–H and O–H groups in total. The van der Waals surface area contributed by atoms with Crippen molar-refractivity contribution < 1.29 is 9.53 Å². The molecule has 0 unspecified atom stereocenters. The van der Waals surface area contributed by atoms with E-state index in [9.17, 15) is 4.79 Å². The van der Waals surface area contributed by atoms with E-state index in [1.807, 2.05) is 6.07 Å². The summed E-state index contributed by atoms with van der Waals surface area (Å²) in [5.41, 5.74) is 0.833. The Morgan fingerprint density at radius 3 is 2.81 bits per heavy atom. The van der Waals surface area contributed by atoms with E-state index in [-0.39, 0.29) is 5.91 Å². The van der Waals surface area contributed by atoms with Gasteiger partial charge in [-0.15, -0.1) is 0 Å². The second kappa shape index (κ2) is 6.73. The molecule has 2 aromatic rings. The first-order chi connectivity index (χ1) is 10.0. The number of amides is 1. The molecule has 2 rings (SSSR count). The second-order valence-corrected chi connectivity index (χ2v) is 5.50. The maximum atomic E-state index is 11.2. The van der Waals surface area contributed by atoms with Crippen molar-refractivity contribution in [3.63, 3.8) is 0 Å². The molecule has 0 fully saturated rings. The van der Waals surface area contributed by atoms with Gasteiger partial charge in [-0.05, 0) is 23.7 Å². The summed E-state index contributed by atoms with van der Waals surface area (Å²) in [5, 5.41) is 3.72. The first-order valence-electron chi connectivity index (χ1n) is 6.15. The molecule has 0 aromatic carbocycles. The minimum Gasteiger partial charge on any atom is -0.479 e. The molecular weight excluding hydrogens is 312 g/mol. The lowest BCUT2D eigenvalue weighted by molar-refractivity contribution is -0.116. The molecule has 0 aliphatic heterocycles. The molecule has 6 nitrogen and oxygen atoms in total. The molecule has 0 atom stereocenters. The van der Waals surface area contributed by atoms with E-state index in [2.05, 4.69) is 14.7 Å². The summed E-state index contributed by atoms with van der Waals surface area (Å²) < 4.78 is 9.12. The Bertz CT molecular complexity index is 630. The highest BCUT2D eigenvalue weighted by molar-refractivity contribution is 7.06. The monoisotopic (exact) mass is 326 g/mol. The summed E-state index contributed by atoms with van der Waals surface area (Å²) in [6.45, 7) is 2.02. The molecule has 8 heteroatoms. The van der Waals surface area contributed by atoms with Gasteiger partial charge in [0.1, 0.15) is 10.8 Å². The van der Waals surface area contributed by atoms with Crippen LogP contribution in [0, 0.1) is 0 Å². The SMILES string of the molecule is COc1nsc(CNc2ccc(N(C)C(C)=O)nc2)c1Cl. The Morgan fingerprint density at radius 2 is 2.29 bits per heavy atom. The van der Waals surface area contributed by atoms with Crippen LogP contribution in [0.4, 0.5) is 11.5 Å². The van der Waals surface area contributed by atoms with Crippen LogP contribution in [0.3, 0.4) is 0 Å².